The summed E-state index contributed by atoms with van der Waals surface area (Å²) < 4.78 is 0. The van der Waals surface area contributed by atoms with Gasteiger partial charge < -0.3 is 5.32 Å². The summed E-state index contributed by atoms with van der Waals surface area (Å²) in [5.41, 5.74) is 1.42. The van der Waals surface area contributed by atoms with Crippen LogP contribution >= 0.6 is 11.8 Å². The summed E-state index contributed by atoms with van der Waals surface area (Å²) in [6.07, 6.45) is 6.38. The molecule has 1 N–H and O–H groups in total. The van der Waals surface area contributed by atoms with E-state index >= 15 is 0 Å². The zero-order chi connectivity index (χ0) is 15.2. The molecule has 1 aliphatic carbocycles. The van der Waals surface area contributed by atoms with Crippen LogP contribution in [0.2, 0.25) is 0 Å². The number of anilines is 1. The van der Waals surface area contributed by atoms with Crippen LogP contribution in [0.3, 0.4) is 0 Å². The van der Waals surface area contributed by atoms with Gasteiger partial charge in [-0.3, -0.25) is 9.59 Å². The first-order chi connectivity index (χ1) is 10.1. The van der Waals surface area contributed by atoms with Crippen molar-refractivity contribution < 1.29 is 9.59 Å². The minimum Gasteiger partial charge on any atom is -0.325 e. The fraction of sp³-hybridized carbons (Fsp3) is 0.529. The lowest BCUT2D eigenvalue weighted by Gasteiger charge is -2.23. The number of carbonyl (C=O) groups excluding carboxylic acids is 2. The molecule has 0 aromatic heterocycles. The van der Waals surface area contributed by atoms with Gasteiger partial charge in [-0.1, -0.05) is 19.3 Å². The van der Waals surface area contributed by atoms with Crippen molar-refractivity contribution in [3.05, 3.63) is 29.8 Å². The monoisotopic (exact) mass is 305 g/mol. The molecule has 21 heavy (non-hydrogen) atoms. The molecule has 1 aliphatic rings. The molecular weight excluding hydrogens is 282 g/mol. The van der Waals surface area contributed by atoms with Crippen LogP contribution < -0.4 is 5.32 Å². The molecule has 0 saturated heterocycles. The highest BCUT2D eigenvalue weighted by Crippen LogP contribution is 2.31. The molecule has 1 saturated carbocycles. The molecule has 1 aromatic rings. The predicted octanol–water partition coefficient (Wildman–Crippen LogP) is 4.28. The van der Waals surface area contributed by atoms with E-state index in [1.54, 1.807) is 36.0 Å². The number of carbonyl (C=O) groups is 2. The summed E-state index contributed by atoms with van der Waals surface area (Å²) in [4.78, 5) is 23.4. The van der Waals surface area contributed by atoms with E-state index in [1.807, 2.05) is 6.92 Å². The zero-order valence-corrected chi connectivity index (χ0v) is 13.5. The van der Waals surface area contributed by atoms with Crippen LogP contribution in [0.4, 0.5) is 5.69 Å². The van der Waals surface area contributed by atoms with E-state index in [4.69, 9.17) is 0 Å². The molecule has 1 atom stereocenters. The Morgan fingerprint density at radius 2 is 1.76 bits per heavy atom. The Kier molecular flexibility index (Phi) is 5.85. The Morgan fingerprint density at radius 3 is 2.33 bits per heavy atom. The largest absolute Gasteiger partial charge is 0.325 e. The molecule has 0 aliphatic heterocycles. The smallest absolute Gasteiger partial charge is 0.237 e. The van der Waals surface area contributed by atoms with Crippen LogP contribution in [-0.4, -0.2) is 22.2 Å². The van der Waals surface area contributed by atoms with E-state index in [0.29, 0.717) is 10.8 Å². The minimum atomic E-state index is -0.0411. The summed E-state index contributed by atoms with van der Waals surface area (Å²) in [6.45, 7) is 3.51. The number of thioether (sulfide) groups is 1. The van der Waals surface area contributed by atoms with Crippen molar-refractivity contribution in [1.82, 2.24) is 0 Å². The second-order valence-corrected chi connectivity index (χ2v) is 7.31. The van der Waals surface area contributed by atoms with Crippen molar-refractivity contribution in [1.29, 1.82) is 0 Å². The van der Waals surface area contributed by atoms with Gasteiger partial charge in [-0.05, 0) is 51.0 Å². The number of benzene rings is 1. The number of hydrogen-bond donors (Lipinski definition) is 1. The molecule has 0 heterocycles. The summed E-state index contributed by atoms with van der Waals surface area (Å²) in [5.74, 6) is 0.0789. The lowest BCUT2D eigenvalue weighted by molar-refractivity contribution is -0.115. The van der Waals surface area contributed by atoms with Crippen LogP contribution in [0, 0.1) is 0 Å². The van der Waals surface area contributed by atoms with Gasteiger partial charge in [0.2, 0.25) is 5.91 Å². The molecule has 0 spiro atoms. The van der Waals surface area contributed by atoms with Gasteiger partial charge in [0, 0.05) is 16.5 Å². The van der Waals surface area contributed by atoms with Crippen LogP contribution in [0.5, 0.6) is 0 Å². The molecule has 1 aromatic carbocycles. The third-order valence-electron chi connectivity index (χ3n) is 3.88. The molecule has 0 unspecified atom stereocenters. The highest BCUT2D eigenvalue weighted by Gasteiger charge is 2.21. The van der Waals surface area contributed by atoms with Crippen molar-refractivity contribution in [2.45, 2.75) is 56.5 Å². The average Bonchev–Trinajstić information content (AvgIpc) is 2.48. The number of hydrogen-bond acceptors (Lipinski definition) is 3. The number of ketones is 1. The zero-order valence-electron chi connectivity index (χ0n) is 12.7. The Morgan fingerprint density at radius 1 is 1.14 bits per heavy atom. The number of nitrogens with one attached hydrogen (secondary N) is 1. The SMILES string of the molecule is CC(=O)c1ccc(NC(=O)[C@@H](C)SC2CCCCC2)cc1. The number of amides is 1. The maximum Gasteiger partial charge on any atom is 0.237 e. The maximum atomic E-state index is 12.2. The Labute approximate surface area is 130 Å². The average molecular weight is 305 g/mol. The fourth-order valence-corrected chi connectivity index (χ4v) is 3.95. The minimum absolute atomic E-state index is 0.0362. The van der Waals surface area contributed by atoms with E-state index in [2.05, 4.69) is 5.32 Å². The van der Waals surface area contributed by atoms with E-state index in [0.717, 1.165) is 5.69 Å². The summed E-state index contributed by atoms with van der Waals surface area (Å²) in [5, 5.41) is 3.51. The summed E-state index contributed by atoms with van der Waals surface area (Å²) in [7, 11) is 0. The van der Waals surface area contributed by atoms with E-state index in [9.17, 15) is 9.59 Å². The van der Waals surface area contributed by atoms with Crippen LogP contribution in [0.25, 0.3) is 0 Å². The Bertz CT molecular complexity index is 492. The first-order valence-corrected chi connectivity index (χ1v) is 8.58. The van der Waals surface area contributed by atoms with Crippen LogP contribution in [0.1, 0.15) is 56.3 Å². The van der Waals surface area contributed by atoms with Crippen molar-refractivity contribution in [2.24, 2.45) is 0 Å². The first-order valence-electron chi connectivity index (χ1n) is 7.63. The van der Waals surface area contributed by atoms with Gasteiger partial charge in [0.05, 0.1) is 5.25 Å². The number of rotatable bonds is 5. The molecular formula is C17H23NO2S. The van der Waals surface area contributed by atoms with Gasteiger partial charge >= 0.3 is 0 Å². The Balaban J connectivity index is 1.86. The van der Waals surface area contributed by atoms with Crippen molar-refractivity contribution >= 4 is 29.1 Å². The van der Waals surface area contributed by atoms with Crippen molar-refractivity contribution in [2.75, 3.05) is 5.32 Å². The van der Waals surface area contributed by atoms with Crippen LogP contribution in [-0.2, 0) is 4.79 Å². The molecule has 114 valence electrons. The molecule has 0 radical (unpaired) electrons. The lowest BCUT2D eigenvalue weighted by atomic mass is 10.0. The summed E-state index contributed by atoms with van der Waals surface area (Å²) >= 11 is 1.79. The summed E-state index contributed by atoms with van der Waals surface area (Å²) in [6, 6.07) is 7.06. The molecule has 1 amide bonds. The molecule has 1 fully saturated rings. The second kappa shape index (κ2) is 7.64. The molecule has 0 bridgehead atoms. The number of Topliss-reactive ketones (excluding diaryl/α,β-unsaturated/α-hetero) is 1. The maximum absolute atomic E-state index is 12.2. The van der Waals surface area contributed by atoms with Gasteiger partial charge in [0.25, 0.3) is 0 Å². The third-order valence-corrected chi connectivity index (χ3v) is 5.36. The first kappa shape index (κ1) is 16.1. The van der Waals surface area contributed by atoms with Gasteiger partial charge in [0.1, 0.15) is 0 Å². The topological polar surface area (TPSA) is 46.2 Å². The lowest BCUT2D eigenvalue weighted by Crippen LogP contribution is -2.25. The fourth-order valence-electron chi connectivity index (χ4n) is 2.58. The molecule has 3 nitrogen and oxygen atoms in total. The molecule has 4 heteroatoms. The van der Waals surface area contributed by atoms with Gasteiger partial charge in [-0.2, -0.15) is 0 Å². The predicted molar refractivity (Wildman–Crippen MR) is 89.0 cm³/mol. The van der Waals surface area contributed by atoms with E-state index < -0.39 is 0 Å². The van der Waals surface area contributed by atoms with Crippen LogP contribution in [0.15, 0.2) is 24.3 Å². The van der Waals surface area contributed by atoms with E-state index in [1.165, 1.54) is 39.0 Å². The third kappa shape index (κ3) is 4.88. The van der Waals surface area contributed by atoms with Crippen molar-refractivity contribution in [3.8, 4) is 0 Å². The van der Waals surface area contributed by atoms with Crippen molar-refractivity contribution in [3.63, 3.8) is 0 Å². The van der Waals surface area contributed by atoms with Gasteiger partial charge in [-0.15, -0.1) is 11.8 Å². The normalized spacial score (nSPS) is 17.2. The van der Waals surface area contributed by atoms with Gasteiger partial charge in [-0.25, -0.2) is 0 Å². The van der Waals surface area contributed by atoms with Gasteiger partial charge in [0.15, 0.2) is 5.78 Å². The highest BCUT2D eigenvalue weighted by atomic mass is 32.2. The molecule has 2 rings (SSSR count). The standard InChI is InChI=1S/C17H23NO2S/c1-12(19)14-8-10-15(11-9-14)18-17(20)13(2)21-16-6-4-3-5-7-16/h8-11,13,16H,3-7H2,1-2H3,(H,18,20)/t13-/m1/s1. The second-order valence-electron chi connectivity index (χ2n) is 5.66. The van der Waals surface area contributed by atoms with E-state index in [-0.39, 0.29) is 16.9 Å². The Hall–Kier alpha value is -1.29. The highest BCUT2D eigenvalue weighted by molar-refractivity contribution is 8.01. The quantitative estimate of drug-likeness (QED) is 0.826.